The molecule has 0 unspecified atom stereocenters. The lowest BCUT2D eigenvalue weighted by Gasteiger charge is -2.40. The van der Waals surface area contributed by atoms with E-state index in [2.05, 4.69) is 0 Å². The molecular formula is C21H27ClF3N3O2Si. The Morgan fingerprint density at radius 2 is 1.87 bits per heavy atom. The molecule has 2 amide bonds. The first-order valence-electron chi connectivity index (χ1n) is 10.2. The Morgan fingerprint density at radius 3 is 2.39 bits per heavy atom. The number of fused-ring (bicyclic) bond motifs is 1. The van der Waals surface area contributed by atoms with Crippen molar-refractivity contribution >= 4 is 31.6 Å². The minimum atomic E-state index is -4.67. The van der Waals surface area contributed by atoms with E-state index in [-0.39, 0.29) is 33.4 Å². The number of nitriles is 1. The second-order valence-corrected chi connectivity index (χ2v) is 14.8. The van der Waals surface area contributed by atoms with Crippen molar-refractivity contribution in [2.24, 2.45) is 0 Å². The second kappa shape index (κ2) is 7.68. The van der Waals surface area contributed by atoms with Gasteiger partial charge >= 0.3 is 12.2 Å². The van der Waals surface area contributed by atoms with Gasteiger partial charge in [-0.05, 0) is 49.2 Å². The maximum absolute atomic E-state index is 14.4. The topological polar surface area (TPSA) is 56.6 Å². The summed E-state index contributed by atoms with van der Waals surface area (Å²) in [5.41, 5.74) is 0.487. The number of carbonyl (C=O) groups excluding carboxylic acids is 1. The van der Waals surface area contributed by atoms with Crippen LogP contribution in [-0.2, 0) is 4.43 Å². The summed E-state index contributed by atoms with van der Waals surface area (Å²) in [5, 5.41) is 9.03. The number of nitrogens with zero attached hydrogens (tertiary/aromatic N) is 3. The number of carbonyl (C=O) groups is 1. The Kier molecular flexibility index (Phi) is 5.92. The zero-order valence-corrected chi connectivity index (χ0v) is 20.2. The molecule has 2 heterocycles. The number of halogens is 4. The third kappa shape index (κ3) is 3.94. The molecule has 1 aromatic carbocycles. The Balaban J connectivity index is 2.07. The highest BCUT2D eigenvalue weighted by molar-refractivity contribution is 6.74. The fourth-order valence-corrected chi connectivity index (χ4v) is 5.66. The summed E-state index contributed by atoms with van der Waals surface area (Å²) >= 11 is 6.20. The molecule has 170 valence electrons. The quantitative estimate of drug-likeness (QED) is 0.517. The fourth-order valence-electron chi connectivity index (χ4n) is 4.09. The second-order valence-electron chi connectivity index (χ2n) is 9.71. The zero-order valence-electron chi connectivity index (χ0n) is 18.5. The van der Waals surface area contributed by atoms with Crippen LogP contribution in [0.2, 0.25) is 23.2 Å². The lowest BCUT2D eigenvalue weighted by molar-refractivity contribution is -0.156. The van der Waals surface area contributed by atoms with Crippen molar-refractivity contribution in [1.82, 2.24) is 4.90 Å². The van der Waals surface area contributed by atoms with Gasteiger partial charge in [0, 0.05) is 6.54 Å². The maximum Gasteiger partial charge on any atom is 0.411 e. The zero-order chi connectivity index (χ0) is 23.5. The molecule has 2 aliphatic heterocycles. The molecule has 0 aliphatic carbocycles. The van der Waals surface area contributed by atoms with Crippen LogP contribution in [0.25, 0.3) is 0 Å². The highest BCUT2D eigenvalue weighted by Gasteiger charge is 2.64. The van der Waals surface area contributed by atoms with Crippen LogP contribution in [0.4, 0.5) is 23.7 Å². The van der Waals surface area contributed by atoms with Crippen molar-refractivity contribution in [3.05, 3.63) is 28.3 Å². The number of alkyl halides is 3. The first-order chi connectivity index (χ1) is 14.1. The minimum absolute atomic E-state index is 0.0508. The molecule has 0 N–H and O–H groups in total. The van der Waals surface area contributed by atoms with Crippen molar-refractivity contribution < 1.29 is 22.4 Å². The first kappa shape index (κ1) is 23.9. The van der Waals surface area contributed by atoms with Crippen LogP contribution < -0.4 is 4.90 Å². The van der Waals surface area contributed by atoms with E-state index in [9.17, 15) is 18.0 Å². The van der Waals surface area contributed by atoms with E-state index in [1.54, 1.807) is 0 Å². The molecular weight excluding hydrogens is 447 g/mol. The van der Waals surface area contributed by atoms with Gasteiger partial charge in [0.05, 0.1) is 28.4 Å². The van der Waals surface area contributed by atoms with Crippen LogP contribution in [0.15, 0.2) is 12.1 Å². The summed E-state index contributed by atoms with van der Waals surface area (Å²) in [6.07, 6.45) is -4.99. The molecule has 5 nitrogen and oxygen atoms in total. The molecule has 10 heteroatoms. The van der Waals surface area contributed by atoms with E-state index < -0.39 is 38.7 Å². The highest BCUT2D eigenvalue weighted by Crippen LogP contribution is 2.47. The van der Waals surface area contributed by atoms with Gasteiger partial charge in [-0.2, -0.15) is 18.4 Å². The van der Waals surface area contributed by atoms with Crippen molar-refractivity contribution in [2.75, 3.05) is 11.4 Å². The van der Waals surface area contributed by atoms with Gasteiger partial charge in [-0.3, -0.25) is 4.90 Å². The summed E-state index contributed by atoms with van der Waals surface area (Å²) in [5.74, 6) is 0. The number of hydrogen-bond acceptors (Lipinski definition) is 3. The molecule has 0 bridgehead atoms. The predicted octanol–water partition coefficient (Wildman–Crippen LogP) is 5.86. The number of benzene rings is 1. The van der Waals surface area contributed by atoms with Crippen LogP contribution in [0, 0.1) is 18.3 Å². The van der Waals surface area contributed by atoms with Crippen molar-refractivity contribution in [2.45, 2.75) is 76.6 Å². The Labute approximate surface area is 186 Å². The molecule has 2 aliphatic rings. The van der Waals surface area contributed by atoms with Gasteiger partial charge in [-0.15, -0.1) is 0 Å². The van der Waals surface area contributed by atoms with Crippen LogP contribution in [0.1, 0.15) is 38.3 Å². The lowest BCUT2D eigenvalue weighted by atomic mass is 10.0. The van der Waals surface area contributed by atoms with E-state index >= 15 is 0 Å². The Morgan fingerprint density at radius 1 is 1.26 bits per heavy atom. The smallest absolute Gasteiger partial charge is 0.411 e. The molecule has 3 atom stereocenters. The number of amides is 2. The van der Waals surface area contributed by atoms with Gasteiger partial charge in [0.15, 0.2) is 14.4 Å². The molecule has 31 heavy (non-hydrogen) atoms. The summed E-state index contributed by atoms with van der Waals surface area (Å²) in [6.45, 7) is 11.8. The number of anilines is 1. The van der Waals surface area contributed by atoms with Crippen molar-refractivity contribution in [1.29, 1.82) is 5.26 Å². The average molecular weight is 474 g/mol. The van der Waals surface area contributed by atoms with Crippen LogP contribution >= 0.6 is 11.6 Å². The monoisotopic (exact) mass is 473 g/mol. The van der Waals surface area contributed by atoms with E-state index in [1.165, 1.54) is 24.0 Å². The number of urea groups is 1. The average Bonchev–Trinajstić information content (AvgIpc) is 3.15. The minimum Gasteiger partial charge on any atom is -0.412 e. The number of rotatable bonds is 3. The van der Waals surface area contributed by atoms with Gasteiger partial charge in [0.1, 0.15) is 6.07 Å². The Bertz CT molecular complexity index is 940. The van der Waals surface area contributed by atoms with E-state index in [0.29, 0.717) is 6.42 Å². The molecule has 2 saturated heterocycles. The third-order valence-electron chi connectivity index (χ3n) is 6.77. The predicted molar refractivity (Wildman–Crippen MR) is 116 cm³/mol. The standard InChI is InChI=1S/C21H27ClF3N3O2Si/c1-12-14(8-7-13(11-26)16(12)22)28-18(21(23,24)25)17-15(9-10-27(17)19(28)29)30-31(5,6)20(2,3)4/h7-8,15,17-18H,9-10H2,1-6H3/t15-,17+,18+/m1/s1. The van der Waals surface area contributed by atoms with E-state index in [1.807, 2.05) is 39.9 Å². The van der Waals surface area contributed by atoms with Gasteiger partial charge < -0.3 is 9.33 Å². The molecule has 1 aromatic rings. The Hall–Kier alpha value is -1.76. The van der Waals surface area contributed by atoms with Crippen LogP contribution in [0.3, 0.4) is 0 Å². The fraction of sp³-hybridized carbons (Fsp3) is 0.619. The lowest BCUT2D eigenvalue weighted by Crippen LogP contribution is -2.54. The molecule has 0 aromatic heterocycles. The van der Waals surface area contributed by atoms with Crippen molar-refractivity contribution in [3.8, 4) is 6.07 Å². The number of hydrogen-bond donors (Lipinski definition) is 0. The maximum atomic E-state index is 14.4. The summed E-state index contributed by atoms with van der Waals surface area (Å²) in [6, 6.07) is 0.723. The molecule has 3 rings (SSSR count). The summed E-state index contributed by atoms with van der Waals surface area (Å²) in [7, 11) is -2.36. The molecule has 2 fully saturated rings. The summed E-state index contributed by atoms with van der Waals surface area (Å²) < 4.78 is 49.5. The van der Waals surface area contributed by atoms with Crippen molar-refractivity contribution in [3.63, 3.8) is 0 Å². The van der Waals surface area contributed by atoms with Gasteiger partial charge in [-0.1, -0.05) is 32.4 Å². The molecule has 0 saturated carbocycles. The largest absolute Gasteiger partial charge is 0.412 e. The summed E-state index contributed by atoms with van der Waals surface area (Å²) in [4.78, 5) is 15.2. The SMILES string of the molecule is Cc1c(N2C(=O)N3CC[C@@H](O[Si](C)(C)C(C)(C)C)[C@H]3[C@H]2C(F)(F)F)ccc(C#N)c1Cl. The normalized spacial score (nSPS) is 24.5. The van der Waals surface area contributed by atoms with Gasteiger partial charge in [0.25, 0.3) is 0 Å². The third-order valence-corrected chi connectivity index (χ3v) is 11.8. The van der Waals surface area contributed by atoms with Crippen LogP contribution in [-0.4, -0.2) is 50.2 Å². The van der Waals surface area contributed by atoms with E-state index in [0.717, 1.165) is 4.90 Å². The molecule has 0 spiro atoms. The first-order valence-corrected chi connectivity index (χ1v) is 13.4. The van der Waals surface area contributed by atoms with Gasteiger partial charge in [0.2, 0.25) is 0 Å². The van der Waals surface area contributed by atoms with Crippen LogP contribution in [0.5, 0.6) is 0 Å². The molecule has 0 radical (unpaired) electrons. The van der Waals surface area contributed by atoms with E-state index in [4.69, 9.17) is 21.3 Å². The highest BCUT2D eigenvalue weighted by atomic mass is 35.5. The van der Waals surface area contributed by atoms with Gasteiger partial charge in [-0.25, -0.2) is 4.79 Å².